The largest absolute Gasteiger partial charge is 0.409 e. The molecule has 1 atom stereocenters. The van der Waals surface area contributed by atoms with E-state index in [0.29, 0.717) is 26.0 Å². The molecule has 0 fully saturated rings. The lowest BCUT2D eigenvalue weighted by Crippen LogP contribution is -2.54. The summed E-state index contributed by atoms with van der Waals surface area (Å²) in [7, 11) is 1.53. The molecule has 0 aliphatic rings. The van der Waals surface area contributed by atoms with Crippen LogP contribution in [0.1, 0.15) is 33.6 Å². The molecule has 0 radical (unpaired) electrons. The molecule has 0 saturated heterocycles. The first-order chi connectivity index (χ1) is 9.89. The lowest BCUT2D eigenvalue weighted by atomic mass is 9.80. The second kappa shape index (κ2) is 9.17. The van der Waals surface area contributed by atoms with Crippen molar-refractivity contribution in [3.05, 3.63) is 0 Å². The molecule has 0 rings (SSSR count). The van der Waals surface area contributed by atoms with E-state index in [1.807, 2.05) is 0 Å². The van der Waals surface area contributed by atoms with Gasteiger partial charge in [-0.1, -0.05) is 19.0 Å². The molecule has 0 spiro atoms. The van der Waals surface area contributed by atoms with Gasteiger partial charge in [0.2, 0.25) is 11.8 Å². The zero-order valence-electron chi connectivity index (χ0n) is 13.1. The average molecular weight is 302 g/mol. The molecule has 0 bridgehead atoms. The van der Waals surface area contributed by atoms with Crippen LogP contribution in [-0.2, 0) is 14.3 Å². The van der Waals surface area contributed by atoms with E-state index in [-0.39, 0.29) is 11.7 Å². The van der Waals surface area contributed by atoms with Crippen molar-refractivity contribution in [2.75, 3.05) is 20.3 Å². The van der Waals surface area contributed by atoms with Crippen LogP contribution < -0.4 is 16.4 Å². The summed E-state index contributed by atoms with van der Waals surface area (Å²) in [6, 6.07) is -0.724. The highest BCUT2D eigenvalue weighted by Crippen LogP contribution is 2.27. The number of oxime groups is 1. The molecule has 0 heterocycles. The number of amidine groups is 1. The van der Waals surface area contributed by atoms with Gasteiger partial charge in [0.1, 0.15) is 11.5 Å². The minimum absolute atomic E-state index is 0.156. The summed E-state index contributed by atoms with van der Waals surface area (Å²) in [4.78, 5) is 24.2. The Bertz CT molecular complexity index is 380. The fourth-order valence-corrected chi connectivity index (χ4v) is 1.98. The van der Waals surface area contributed by atoms with Crippen LogP contribution in [0.3, 0.4) is 0 Å². The Labute approximate surface area is 125 Å². The molecule has 21 heavy (non-hydrogen) atoms. The molecule has 0 aliphatic carbocycles. The highest BCUT2D eigenvalue weighted by atomic mass is 16.5. The van der Waals surface area contributed by atoms with Gasteiger partial charge in [-0.15, -0.1) is 0 Å². The van der Waals surface area contributed by atoms with Gasteiger partial charge in [0.05, 0.1) is 6.61 Å². The average Bonchev–Trinajstić information content (AvgIpc) is 2.48. The van der Waals surface area contributed by atoms with Crippen LogP contribution in [0, 0.1) is 5.41 Å². The lowest BCUT2D eigenvalue weighted by molar-refractivity contribution is -0.132. The van der Waals surface area contributed by atoms with Crippen molar-refractivity contribution < 1.29 is 19.5 Å². The second-order valence-corrected chi connectivity index (χ2v) is 4.75. The summed E-state index contributed by atoms with van der Waals surface area (Å²) in [6.45, 7) is 5.87. The second-order valence-electron chi connectivity index (χ2n) is 4.75. The van der Waals surface area contributed by atoms with Gasteiger partial charge in [-0.2, -0.15) is 0 Å². The number of ether oxygens (including phenoxy) is 1. The van der Waals surface area contributed by atoms with Crippen molar-refractivity contribution in [3.8, 4) is 0 Å². The molecule has 0 saturated carbocycles. The first-order valence-electron chi connectivity index (χ1n) is 6.95. The molecule has 0 aliphatic heterocycles. The van der Waals surface area contributed by atoms with Crippen LogP contribution in [0.25, 0.3) is 0 Å². The normalized spacial score (nSPS) is 13.6. The SMILES string of the molecule is CCC(CC)(C(=O)NC(C)C(=O)NCCOC)C(N)=NO. The number of nitrogens with zero attached hydrogens (tertiary/aromatic N) is 1. The maximum absolute atomic E-state index is 12.4. The smallest absolute Gasteiger partial charge is 0.242 e. The van der Waals surface area contributed by atoms with Gasteiger partial charge >= 0.3 is 0 Å². The van der Waals surface area contributed by atoms with Crippen molar-refractivity contribution in [1.29, 1.82) is 0 Å². The van der Waals surface area contributed by atoms with Crippen molar-refractivity contribution in [2.45, 2.75) is 39.7 Å². The topological polar surface area (TPSA) is 126 Å². The Balaban J connectivity index is 4.80. The molecule has 2 amide bonds. The van der Waals surface area contributed by atoms with Gasteiger partial charge in [-0.25, -0.2) is 0 Å². The van der Waals surface area contributed by atoms with E-state index in [0.717, 1.165) is 0 Å². The highest BCUT2D eigenvalue weighted by molar-refractivity contribution is 6.07. The van der Waals surface area contributed by atoms with Crippen LogP contribution in [0.5, 0.6) is 0 Å². The van der Waals surface area contributed by atoms with E-state index in [1.165, 1.54) is 7.11 Å². The summed E-state index contributed by atoms with van der Waals surface area (Å²) in [5.74, 6) is -0.907. The van der Waals surface area contributed by atoms with E-state index >= 15 is 0 Å². The van der Waals surface area contributed by atoms with E-state index in [2.05, 4.69) is 15.8 Å². The monoisotopic (exact) mass is 302 g/mol. The molecule has 1 unspecified atom stereocenters. The van der Waals surface area contributed by atoms with E-state index in [9.17, 15) is 9.59 Å². The quantitative estimate of drug-likeness (QED) is 0.154. The number of rotatable bonds is 9. The number of methoxy groups -OCH3 is 1. The van der Waals surface area contributed by atoms with Crippen LogP contribution >= 0.6 is 0 Å². The van der Waals surface area contributed by atoms with Crippen molar-refractivity contribution >= 4 is 17.6 Å². The lowest BCUT2D eigenvalue weighted by Gasteiger charge is -2.30. The van der Waals surface area contributed by atoms with E-state index in [4.69, 9.17) is 15.7 Å². The zero-order chi connectivity index (χ0) is 16.5. The Morgan fingerprint density at radius 3 is 2.38 bits per heavy atom. The molecular formula is C13H26N4O4. The number of carbonyl (C=O) groups is 2. The van der Waals surface area contributed by atoms with Crippen molar-refractivity contribution in [1.82, 2.24) is 10.6 Å². The van der Waals surface area contributed by atoms with Crippen LogP contribution in [0.4, 0.5) is 0 Å². The minimum Gasteiger partial charge on any atom is -0.409 e. The van der Waals surface area contributed by atoms with Crippen LogP contribution in [0.2, 0.25) is 0 Å². The predicted octanol–water partition coefficient (Wildman–Crippen LogP) is -0.193. The number of nitrogens with two attached hydrogens (primary N) is 1. The molecule has 0 aromatic carbocycles. The molecule has 5 N–H and O–H groups in total. The Morgan fingerprint density at radius 2 is 1.95 bits per heavy atom. The van der Waals surface area contributed by atoms with Crippen LogP contribution in [-0.4, -0.2) is 49.2 Å². The number of hydrogen-bond donors (Lipinski definition) is 4. The maximum Gasteiger partial charge on any atom is 0.242 e. The third-order valence-corrected chi connectivity index (χ3v) is 3.59. The number of carbonyl (C=O) groups excluding carboxylic acids is 2. The van der Waals surface area contributed by atoms with Gasteiger partial charge in [-0.05, 0) is 19.8 Å². The third-order valence-electron chi connectivity index (χ3n) is 3.59. The van der Waals surface area contributed by atoms with Crippen molar-refractivity contribution in [3.63, 3.8) is 0 Å². The molecule has 0 aromatic rings. The standard InChI is InChI=1S/C13H26N4O4/c1-5-13(6-2,11(14)17-20)12(19)16-9(3)10(18)15-7-8-21-4/h9,20H,5-8H2,1-4H3,(H2,14,17)(H,15,18)(H,16,19). The fraction of sp³-hybridized carbons (Fsp3) is 0.769. The summed E-state index contributed by atoms with van der Waals surface area (Å²) in [5.41, 5.74) is 4.53. The van der Waals surface area contributed by atoms with Crippen molar-refractivity contribution in [2.24, 2.45) is 16.3 Å². The van der Waals surface area contributed by atoms with Gasteiger partial charge in [0, 0.05) is 13.7 Å². The number of nitrogens with one attached hydrogen (secondary N) is 2. The van der Waals surface area contributed by atoms with E-state index < -0.39 is 17.4 Å². The highest BCUT2D eigenvalue weighted by Gasteiger charge is 2.40. The van der Waals surface area contributed by atoms with Gasteiger partial charge < -0.3 is 26.3 Å². The molecule has 8 heteroatoms. The molecule has 0 aromatic heterocycles. The number of hydrogen-bond acceptors (Lipinski definition) is 5. The minimum atomic E-state index is -1.12. The van der Waals surface area contributed by atoms with E-state index in [1.54, 1.807) is 20.8 Å². The Hall–Kier alpha value is -1.83. The molecular weight excluding hydrogens is 276 g/mol. The van der Waals surface area contributed by atoms with Crippen LogP contribution in [0.15, 0.2) is 5.16 Å². The van der Waals surface area contributed by atoms with Gasteiger partial charge in [-0.3, -0.25) is 9.59 Å². The molecule has 122 valence electrons. The number of amides is 2. The summed E-state index contributed by atoms with van der Waals surface area (Å²) in [5, 5.41) is 17.0. The van der Waals surface area contributed by atoms with Gasteiger partial charge in [0.15, 0.2) is 5.84 Å². The predicted molar refractivity (Wildman–Crippen MR) is 78.9 cm³/mol. The summed E-state index contributed by atoms with van der Waals surface area (Å²) >= 11 is 0. The first kappa shape index (κ1) is 19.2. The summed E-state index contributed by atoms with van der Waals surface area (Å²) in [6.07, 6.45) is 0.729. The first-order valence-corrected chi connectivity index (χ1v) is 6.95. The summed E-state index contributed by atoms with van der Waals surface area (Å²) < 4.78 is 4.83. The van der Waals surface area contributed by atoms with Gasteiger partial charge in [0.25, 0.3) is 0 Å². The molecule has 8 nitrogen and oxygen atoms in total. The Kier molecular flexibility index (Phi) is 8.37. The third kappa shape index (κ3) is 4.89. The Morgan fingerprint density at radius 1 is 1.38 bits per heavy atom. The zero-order valence-corrected chi connectivity index (χ0v) is 13.1. The fourth-order valence-electron chi connectivity index (χ4n) is 1.98. The maximum atomic E-state index is 12.4.